The van der Waals surface area contributed by atoms with Gasteiger partial charge in [-0.3, -0.25) is 19.2 Å². The van der Waals surface area contributed by atoms with Crippen LogP contribution in [0.3, 0.4) is 0 Å². The summed E-state index contributed by atoms with van der Waals surface area (Å²) in [4.78, 5) is 49.2. The van der Waals surface area contributed by atoms with E-state index in [9.17, 15) is 50.6 Å². The Bertz CT molecular complexity index is 3680. The Labute approximate surface area is 609 Å². The summed E-state index contributed by atoms with van der Waals surface area (Å²) in [5, 5.41) is 9.98. The van der Waals surface area contributed by atoms with Crippen LogP contribution < -0.4 is 14.2 Å². The van der Waals surface area contributed by atoms with Gasteiger partial charge in [0.15, 0.2) is 53.0 Å². The molecule has 8 aliphatic rings. The number of aromatic hydroxyl groups is 1. The summed E-state index contributed by atoms with van der Waals surface area (Å²) in [6.07, 6.45) is 22.6. The van der Waals surface area contributed by atoms with Crippen molar-refractivity contribution in [2.24, 2.45) is 47.3 Å². The summed E-state index contributed by atoms with van der Waals surface area (Å²) in [5.41, 5.74) is 2.69. The van der Waals surface area contributed by atoms with Crippen LogP contribution in [-0.2, 0) is 75.0 Å². The van der Waals surface area contributed by atoms with E-state index in [4.69, 9.17) is 37.9 Å². The minimum Gasteiger partial charge on any atom is -0.504 e. The van der Waals surface area contributed by atoms with Gasteiger partial charge in [0.1, 0.15) is 46.2 Å². The molecule has 4 fully saturated rings. The number of hydrogen-bond acceptors (Lipinski definition) is 13. The maximum Gasteiger partial charge on any atom is 0.189 e. The normalized spacial score (nSPS) is 26.1. The van der Waals surface area contributed by atoms with Crippen molar-refractivity contribution in [3.8, 4) is 23.0 Å². The molecule has 19 heteroatoms. The van der Waals surface area contributed by atoms with Crippen LogP contribution in [0.2, 0.25) is 0 Å². The predicted octanol–water partition coefficient (Wildman–Crippen LogP) is 17.8. The lowest BCUT2D eigenvalue weighted by Gasteiger charge is -2.41. The van der Waals surface area contributed by atoms with Gasteiger partial charge in [-0.25, -0.2) is 26.3 Å². The monoisotopic (exact) mass is 1440 g/mol. The molecular formula is C85H102F6O13. The molecule has 13 nitrogen and oxygen atoms in total. The maximum atomic E-state index is 14.4. The predicted molar refractivity (Wildman–Crippen MR) is 388 cm³/mol. The lowest BCUT2D eigenvalue weighted by Crippen LogP contribution is -2.45. The third-order valence-electron chi connectivity index (χ3n) is 22.4. The van der Waals surface area contributed by atoms with E-state index in [0.717, 1.165) is 35.6 Å². The number of benzene rings is 4. The van der Waals surface area contributed by atoms with E-state index in [2.05, 4.69) is 33.2 Å². The van der Waals surface area contributed by atoms with E-state index in [-0.39, 0.29) is 113 Å². The quantitative estimate of drug-likeness (QED) is 0.0521. The van der Waals surface area contributed by atoms with Gasteiger partial charge in [-0.1, -0.05) is 72.4 Å². The van der Waals surface area contributed by atoms with E-state index < -0.39 is 51.5 Å². The number of methoxy groups -OCH3 is 3. The zero-order valence-corrected chi connectivity index (χ0v) is 60.5. The molecule has 0 amide bonds. The topological polar surface area (TPSA) is 162 Å². The Morgan fingerprint density at radius 3 is 1.23 bits per heavy atom. The number of allylic oxidation sites excluding steroid dienone is 8. The molecule has 4 saturated heterocycles. The summed E-state index contributed by atoms with van der Waals surface area (Å²) in [6, 6.07) is 12.4. The van der Waals surface area contributed by atoms with Gasteiger partial charge in [-0.15, -0.1) is 26.3 Å². The van der Waals surface area contributed by atoms with Crippen LogP contribution in [-0.4, -0.2) is 98.6 Å². The van der Waals surface area contributed by atoms with Gasteiger partial charge in [0.25, 0.3) is 0 Å². The fourth-order valence-corrected chi connectivity index (χ4v) is 16.6. The summed E-state index contributed by atoms with van der Waals surface area (Å²) >= 11 is 0. The van der Waals surface area contributed by atoms with Crippen LogP contribution in [0.25, 0.3) is 0 Å². The second-order valence-corrected chi connectivity index (χ2v) is 28.5. The number of carbonyl (C=O) groups is 4. The summed E-state index contributed by atoms with van der Waals surface area (Å²) in [5.74, 6) is -2.12. The number of ether oxygens (including phenoxy) is 8. The highest BCUT2D eigenvalue weighted by molar-refractivity contribution is 5.96. The highest BCUT2D eigenvalue weighted by atomic mass is 19.1. The van der Waals surface area contributed by atoms with Crippen molar-refractivity contribution in [2.45, 2.75) is 167 Å². The SMILES string of the molecule is C.C=CC[C@H]1C[C@]2([C@H](C)Cc3cc(F)c(CC)cc3F)OCOC2=CC1=O.C=CC[C@H]1C[C@]2([C@H](C)Cc3cc(F)c(OC)cc3F)OCCC2=CC1=O.C=CC[C@H]1C[C@]2([C@H](C)Cc3cc(O)c(OC)cc3F)OCCC2=CC1=O.C=CC[C@H]1C[C@]2([C@H](C)Cc3ccc(OC)cc3F)OCCC2=CC1=O. The molecule has 4 aromatic rings. The van der Waals surface area contributed by atoms with Crippen LogP contribution in [0.1, 0.15) is 140 Å². The van der Waals surface area contributed by atoms with Crippen LogP contribution in [0, 0.1) is 82.2 Å². The van der Waals surface area contributed by atoms with Gasteiger partial charge in [0, 0.05) is 47.9 Å². The van der Waals surface area contributed by atoms with Gasteiger partial charge < -0.3 is 43.0 Å². The maximum absolute atomic E-state index is 14.4. The molecule has 0 bridgehead atoms. The number of hydrogen-bond donors (Lipinski definition) is 1. The number of ketones is 4. The van der Waals surface area contributed by atoms with Crippen molar-refractivity contribution in [1.29, 1.82) is 0 Å². The molecule has 562 valence electrons. The smallest absolute Gasteiger partial charge is 0.189 e. The first kappa shape index (κ1) is 81.6. The molecule has 0 spiro atoms. The Balaban J connectivity index is 0.000000175. The van der Waals surface area contributed by atoms with Gasteiger partial charge >= 0.3 is 0 Å². The Morgan fingerprint density at radius 2 is 0.817 bits per heavy atom. The van der Waals surface area contributed by atoms with Gasteiger partial charge in [-0.2, -0.15) is 0 Å². The van der Waals surface area contributed by atoms with Crippen molar-refractivity contribution in [3.05, 3.63) is 215 Å². The molecule has 104 heavy (non-hydrogen) atoms. The first-order valence-corrected chi connectivity index (χ1v) is 35.7. The Kier molecular flexibility index (Phi) is 27.7. The molecule has 4 aliphatic heterocycles. The van der Waals surface area contributed by atoms with Gasteiger partial charge in [0.2, 0.25) is 0 Å². The first-order chi connectivity index (χ1) is 49.2. The number of halogens is 6. The zero-order chi connectivity index (χ0) is 74.7. The van der Waals surface area contributed by atoms with Crippen LogP contribution in [0.4, 0.5) is 26.3 Å². The summed E-state index contributed by atoms with van der Waals surface area (Å²) in [6.45, 7) is 26.5. The summed E-state index contributed by atoms with van der Waals surface area (Å²) in [7, 11) is 4.22. The van der Waals surface area contributed by atoms with Gasteiger partial charge in [-0.05, 0) is 220 Å². The molecule has 0 unspecified atom stereocenters. The molecule has 0 radical (unpaired) electrons. The first-order valence-electron chi connectivity index (χ1n) is 35.7. The minimum absolute atomic E-state index is 0. The number of phenols is 1. The van der Waals surface area contributed by atoms with Crippen molar-refractivity contribution >= 4 is 23.1 Å². The Morgan fingerprint density at radius 1 is 0.462 bits per heavy atom. The molecule has 4 heterocycles. The fourth-order valence-electron chi connectivity index (χ4n) is 16.6. The third kappa shape index (κ3) is 17.2. The molecule has 4 aliphatic carbocycles. The van der Waals surface area contributed by atoms with E-state index in [1.54, 1.807) is 61.6 Å². The highest BCUT2D eigenvalue weighted by Crippen LogP contribution is 2.52. The number of fused-ring (bicyclic) bond motifs is 4. The standard InChI is InChI=1S/2C21H24F2O3.C21H25FO4.C21H25FO3.CH4/c1-4-5-14-12-21(16(6-7-26-21)10-19(14)24)13(2)8-15-9-18(23)20(25-3)11-17(15)22;1-4-6-15-11-21(20(10-19(15)24)25-12-26-21)13(3)7-16-9-17(22)14(5-2)8-18(16)23;1-4-5-14-12-21(16(6-7-26-21)10-18(14)23)13(2)8-15-9-19(24)20(25-3)11-17(15)22;1-4-5-16-13-21(17(8-9-25-21)11-20(16)23)14(2)10-15-6-7-18(24-3)12-19(15)22;/h4,9-11,13-14H,1,5-8,12H2,2-3H3;4,8-10,13,15H,1,5-7,11-12H2,2-3H3;4,9-11,13-14,24H,1,5-8,12H2,2-3H3;4,6-7,11-12,14,16H,1,5,8-10,13H2,2-3H3;1H4/t13-,14+,21-;13-,15+,21-;13-,14+,21-;14-,16+,21-;/m1111./s1. The van der Waals surface area contributed by atoms with Crippen LogP contribution in [0.5, 0.6) is 23.0 Å². The molecule has 12 rings (SSSR count). The summed E-state index contributed by atoms with van der Waals surface area (Å²) < 4.78 is 130. The van der Waals surface area contributed by atoms with E-state index in [0.29, 0.717) is 143 Å². The zero-order valence-electron chi connectivity index (χ0n) is 60.5. The lowest BCUT2D eigenvalue weighted by atomic mass is 9.68. The van der Waals surface area contributed by atoms with E-state index in [1.165, 1.54) is 63.8 Å². The van der Waals surface area contributed by atoms with Gasteiger partial charge in [0.05, 0.1) is 58.0 Å². The second kappa shape index (κ2) is 35.3. The largest absolute Gasteiger partial charge is 0.504 e. The highest BCUT2D eigenvalue weighted by Gasteiger charge is 2.54. The van der Waals surface area contributed by atoms with Crippen molar-refractivity contribution < 1.29 is 88.5 Å². The van der Waals surface area contributed by atoms with Crippen molar-refractivity contribution in [1.82, 2.24) is 0 Å². The van der Waals surface area contributed by atoms with Crippen LogP contribution >= 0.6 is 0 Å². The van der Waals surface area contributed by atoms with Crippen molar-refractivity contribution in [2.75, 3.05) is 47.9 Å². The molecule has 0 saturated carbocycles. The Hall–Kier alpha value is -8.10. The molecular weight excluding hydrogens is 1340 g/mol. The molecule has 12 atom stereocenters. The average Bonchev–Trinajstić information content (AvgIpc) is 1.54. The van der Waals surface area contributed by atoms with Crippen molar-refractivity contribution in [3.63, 3.8) is 0 Å². The van der Waals surface area contributed by atoms with E-state index in [1.807, 2.05) is 20.8 Å². The fraction of sp³-hybridized carbons (Fsp3) is 0.482. The number of rotatable bonds is 24. The lowest BCUT2D eigenvalue weighted by molar-refractivity contribution is -0.123. The number of carbonyl (C=O) groups excluding carboxylic acids is 4. The number of aryl methyl sites for hydroxylation is 1. The molecule has 0 aromatic heterocycles. The number of phenolic OH excluding ortho intramolecular Hbond substituents is 1. The average molecular weight is 1450 g/mol. The minimum atomic E-state index is -0.784. The molecule has 1 N–H and O–H groups in total. The third-order valence-corrected chi connectivity index (χ3v) is 22.4. The second-order valence-electron chi connectivity index (χ2n) is 28.5. The molecule has 4 aromatic carbocycles. The van der Waals surface area contributed by atoms with E-state index >= 15 is 0 Å². The van der Waals surface area contributed by atoms with Crippen LogP contribution in [0.15, 0.2) is 152 Å².